The molecule has 2 unspecified atom stereocenters. The average molecular weight is 196 g/mol. The number of hydrogen-bond donors (Lipinski definition) is 0. The van der Waals surface area contributed by atoms with E-state index in [1.807, 2.05) is 0 Å². The van der Waals surface area contributed by atoms with Crippen molar-refractivity contribution in [3.8, 4) is 0 Å². The highest BCUT2D eigenvalue weighted by molar-refractivity contribution is 5.03. The van der Waals surface area contributed by atoms with Crippen LogP contribution in [-0.4, -0.2) is 11.7 Å². The molecule has 1 nitrogen and oxygen atoms in total. The summed E-state index contributed by atoms with van der Waals surface area (Å²) < 4.78 is 6.06. The third-order valence-corrected chi connectivity index (χ3v) is 3.22. The Hall–Kier alpha value is -0.300. The highest BCUT2D eigenvalue weighted by Crippen LogP contribution is 2.36. The van der Waals surface area contributed by atoms with Gasteiger partial charge in [0.2, 0.25) is 0 Å². The van der Waals surface area contributed by atoms with Crippen LogP contribution in [-0.2, 0) is 4.74 Å². The van der Waals surface area contributed by atoms with Gasteiger partial charge in [-0.05, 0) is 33.1 Å². The Morgan fingerprint density at radius 1 is 1.50 bits per heavy atom. The van der Waals surface area contributed by atoms with Gasteiger partial charge in [0.25, 0.3) is 0 Å². The van der Waals surface area contributed by atoms with Gasteiger partial charge in [-0.25, -0.2) is 0 Å². The first-order chi connectivity index (χ1) is 6.57. The van der Waals surface area contributed by atoms with Gasteiger partial charge < -0.3 is 4.74 Å². The van der Waals surface area contributed by atoms with E-state index in [1.165, 1.54) is 37.7 Å². The summed E-state index contributed by atoms with van der Waals surface area (Å²) >= 11 is 0. The van der Waals surface area contributed by atoms with Gasteiger partial charge in [0.05, 0.1) is 11.7 Å². The zero-order valence-electron chi connectivity index (χ0n) is 9.94. The van der Waals surface area contributed by atoms with Crippen molar-refractivity contribution in [2.75, 3.05) is 0 Å². The van der Waals surface area contributed by atoms with Gasteiger partial charge in [-0.2, -0.15) is 0 Å². The zero-order chi connectivity index (χ0) is 10.6. The fourth-order valence-corrected chi connectivity index (χ4v) is 2.18. The minimum atomic E-state index is 0.138. The maximum absolute atomic E-state index is 6.06. The van der Waals surface area contributed by atoms with Gasteiger partial charge in [0, 0.05) is 0 Å². The lowest BCUT2D eigenvalue weighted by molar-refractivity contribution is -0.0207. The molecule has 0 aromatic carbocycles. The lowest BCUT2D eigenvalue weighted by Crippen LogP contribution is -2.25. The minimum Gasteiger partial charge on any atom is -0.368 e. The molecule has 2 atom stereocenters. The second-order valence-electron chi connectivity index (χ2n) is 4.90. The van der Waals surface area contributed by atoms with Crippen molar-refractivity contribution >= 4 is 0 Å². The predicted octanol–water partition coefficient (Wildman–Crippen LogP) is 4.08. The molecule has 0 saturated carbocycles. The van der Waals surface area contributed by atoms with E-state index in [-0.39, 0.29) is 5.60 Å². The Morgan fingerprint density at radius 2 is 2.21 bits per heavy atom. The number of rotatable bonds is 5. The predicted molar refractivity (Wildman–Crippen MR) is 61.5 cm³/mol. The smallest absolute Gasteiger partial charge is 0.0788 e. The van der Waals surface area contributed by atoms with Gasteiger partial charge >= 0.3 is 0 Å². The molecular weight excluding hydrogens is 172 g/mol. The van der Waals surface area contributed by atoms with Crippen LogP contribution in [0.4, 0.5) is 0 Å². The SMILES string of the molecule is C=C(C)C1CCC(C)(CCCCC)O1. The van der Waals surface area contributed by atoms with E-state index < -0.39 is 0 Å². The van der Waals surface area contributed by atoms with Crippen LogP contribution in [0.3, 0.4) is 0 Å². The van der Waals surface area contributed by atoms with E-state index >= 15 is 0 Å². The van der Waals surface area contributed by atoms with Crippen molar-refractivity contribution < 1.29 is 4.74 Å². The van der Waals surface area contributed by atoms with Gasteiger partial charge in [0.1, 0.15) is 0 Å². The van der Waals surface area contributed by atoms with Crippen molar-refractivity contribution in [1.82, 2.24) is 0 Å². The molecule has 0 aliphatic carbocycles. The number of unbranched alkanes of at least 4 members (excludes halogenated alkanes) is 2. The monoisotopic (exact) mass is 196 g/mol. The average Bonchev–Trinajstić information content (AvgIpc) is 2.49. The van der Waals surface area contributed by atoms with Gasteiger partial charge in [0.15, 0.2) is 0 Å². The zero-order valence-corrected chi connectivity index (χ0v) is 9.94. The summed E-state index contributed by atoms with van der Waals surface area (Å²) in [6.45, 7) is 10.5. The Morgan fingerprint density at radius 3 is 2.71 bits per heavy atom. The molecule has 1 saturated heterocycles. The first-order valence-electron chi connectivity index (χ1n) is 5.90. The van der Waals surface area contributed by atoms with E-state index in [1.54, 1.807) is 0 Å². The van der Waals surface area contributed by atoms with Gasteiger partial charge in [-0.15, -0.1) is 0 Å². The van der Waals surface area contributed by atoms with E-state index in [0.717, 1.165) is 6.42 Å². The van der Waals surface area contributed by atoms with Crippen LogP contribution in [0.15, 0.2) is 12.2 Å². The van der Waals surface area contributed by atoms with Crippen LogP contribution in [0.5, 0.6) is 0 Å². The van der Waals surface area contributed by atoms with Crippen molar-refractivity contribution in [3.63, 3.8) is 0 Å². The van der Waals surface area contributed by atoms with E-state index in [4.69, 9.17) is 4.74 Å². The Balaban J connectivity index is 2.33. The van der Waals surface area contributed by atoms with E-state index in [2.05, 4.69) is 27.4 Å². The maximum atomic E-state index is 6.06. The largest absolute Gasteiger partial charge is 0.368 e. The van der Waals surface area contributed by atoms with Crippen molar-refractivity contribution in [3.05, 3.63) is 12.2 Å². The van der Waals surface area contributed by atoms with Crippen molar-refractivity contribution in [2.24, 2.45) is 0 Å². The molecule has 1 aliphatic heterocycles. The molecule has 1 aliphatic rings. The topological polar surface area (TPSA) is 9.23 Å². The van der Waals surface area contributed by atoms with Crippen molar-refractivity contribution in [2.45, 2.75) is 71.0 Å². The van der Waals surface area contributed by atoms with Crippen LogP contribution in [0, 0.1) is 0 Å². The molecule has 0 aromatic rings. The lowest BCUT2D eigenvalue weighted by atomic mass is 9.95. The molecule has 0 bridgehead atoms. The molecule has 1 fully saturated rings. The Bertz CT molecular complexity index is 197. The highest BCUT2D eigenvalue weighted by Gasteiger charge is 2.35. The highest BCUT2D eigenvalue weighted by atomic mass is 16.5. The molecule has 0 spiro atoms. The Kier molecular flexibility index (Phi) is 4.18. The normalized spacial score (nSPS) is 32.1. The summed E-state index contributed by atoms with van der Waals surface area (Å²) in [7, 11) is 0. The molecule has 0 N–H and O–H groups in total. The minimum absolute atomic E-state index is 0.138. The number of ether oxygens (including phenoxy) is 1. The summed E-state index contributed by atoms with van der Waals surface area (Å²) in [6.07, 6.45) is 7.82. The Labute approximate surface area is 88.5 Å². The van der Waals surface area contributed by atoms with Crippen LogP contribution >= 0.6 is 0 Å². The standard InChI is InChI=1S/C13H24O/c1-5-6-7-9-13(4)10-8-12(14-13)11(2)3/h12H,2,5-10H2,1,3-4H3. The van der Waals surface area contributed by atoms with Crippen LogP contribution in [0.2, 0.25) is 0 Å². The quantitative estimate of drug-likeness (QED) is 0.475. The van der Waals surface area contributed by atoms with Gasteiger partial charge in [-0.1, -0.05) is 38.3 Å². The molecule has 0 amide bonds. The summed E-state index contributed by atoms with van der Waals surface area (Å²) in [5.41, 5.74) is 1.32. The first kappa shape index (κ1) is 11.8. The molecule has 1 rings (SSSR count). The fraction of sp³-hybridized carbons (Fsp3) is 0.846. The van der Waals surface area contributed by atoms with Crippen LogP contribution in [0.1, 0.15) is 59.3 Å². The summed E-state index contributed by atoms with van der Waals surface area (Å²) in [6, 6.07) is 0. The summed E-state index contributed by atoms with van der Waals surface area (Å²) in [5, 5.41) is 0. The van der Waals surface area contributed by atoms with E-state index in [9.17, 15) is 0 Å². The molecule has 0 radical (unpaired) electrons. The van der Waals surface area contributed by atoms with Crippen molar-refractivity contribution in [1.29, 1.82) is 0 Å². The van der Waals surface area contributed by atoms with Crippen LogP contribution < -0.4 is 0 Å². The van der Waals surface area contributed by atoms with E-state index in [0.29, 0.717) is 6.10 Å². The third-order valence-electron chi connectivity index (χ3n) is 3.22. The molecular formula is C13H24O. The lowest BCUT2D eigenvalue weighted by Gasteiger charge is -2.25. The molecule has 1 heterocycles. The first-order valence-corrected chi connectivity index (χ1v) is 5.90. The second kappa shape index (κ2) is 4.97. The molecule has 82 valence electrons. The molecule has 1 heteroatoms. The number of hydrogen-bond acceptors (Lipinski definition) is 1. The molecule has 14 heavy (non-hydrogen) atoms. The fourth-order valence-electron chi connectivity index (χ4n) is 2.18. The van der Waals surface area contributed by atoms with Gasteiger partial charge in [-0.3, -0.25) is 0 Å². The molecule has 0 aromatic heterocycles. The van der Waals surface area contributed by atoms with Crippen LogP contribution in [0.25, 0.3) is 0 Å². The summed E-state index contributed by atoms with van der Waals surface area (Å²) in [4.78, 5) is 0. The maximum Gasteiger partial charge on any atom is 0.0788 e. The third kappa shape index (κ3) is 3.13. The second-order valence-corrected chi connectivity index (χ2v) is 4.90. The summed E-state index contributed by atoms with van der Waals surface area (Å²) in [5.74, 6) is 0.